The number of aryl methyl sites for hydroxylation is 1. The van der Waals surface area contributed by atoms with Crippen LogP contribution >= 0.6 is 0 Å². The molecule has 31 heavy (non-hydrogen) atoms. The predicted molar refractivity (Wildman–Crippen MR) is 116 cm³/mol. The van der Waals surface area contributed by atoms with Crippen molar-refractivity contribution in [1.82, 2.24) is 5.32 Å². The van der Waals surface area contributed by atoms with Crippen LogP contribution in [0.15, 0.2) is 71.6 Å². The molecule has 0 unspecified atom stereocenters. The molecule has 0 atom stereocenters. The van der Waals surface area contributed by atoms with Crippen molar-refractivity contribution in [2.24, 2.45) is 0 Å². The van der Waals surface area contributed by atoms with Crippen molar-refractivity contribution in [2.75, 3.05) is 17.1 Å². The molecular weight excluding hydrogens is 421 g/mol. The molecule has 0 radical (unpaired) electrons. The van der Waals surface area contributed by atoms with E-state index in [9.17, 15) is 22.4 Å². The Kier molecular flexibility index (Phi) is 6.36. The maximum atomic E-state index is 13.7. The lowest BCUT2D eigenvalue weighted by molar-refractivity contribution is 0.0962. The standard InChI is InChI=1S/C22H20FN3O4S/c1-14-13-16(21(27)24-2)9-12-19(14)25-22(28)15-7-10-17(11-8-15)31(29,30)26-20-6-4-3-5-18(20)23/h3-13,26H,1-2H3,(H,24,27)(H,25,28). The highest BCUT2D eigenvalue weighted by Gasteiger charge is 2.17. The van der Waals surface area contributed by atoms with Crippen LogP contribution in [0.1, 0.15) is 26.3 Å². The van der Waals surface area contributed by atoms with Gasteiger partial charge in [-0.15, -0.1) is 0 Å². The maximum Gasteiger partial charge on any atom is 0.261 e. The van der Waals surface area contributed by atoms with Gasteiger partial charge in [0.1, 0.15) is 5.82 Å². The van der Waals surface area contributed by atoms with Gasteiger partial charge in [-0.3, -0.25) is 14.3 Å². The Hall–Kier alpha value is -3.72. The molecule has 0 bridgehead atoms. The van der Waals surface area contributed by atoms with E-state index in [0.29, 0.717) is 16.8 Å². The zero-order valence-corrected chi connectivity index (χ0v) is 17.6. The second kappa shape index (κ2) is 8.97. The van der Waals surface area contributed by atoms with Gasteiger partial charge in [-0.1, -0.05) is 12.1 Å². The minimum Gasteiger partial charge on any atom is -0.355 e. The molecule has 160 valence electrons. The van der Waals surface area contributed by atoms with Crippen LogP contribution in [0, 0.1) is 12.7 Å². The fourth-order valence-corrected chi connectivity index (χ4v) is 3.88. The summed E-state index contributed by atoms with van der Waals surface area (Å²) in [5.41, 5.74) is 1.76. The molecule has 3 rings (SSSR count). The summed E-state index contributed by atoms with van der Waals surface area (Å²) in [5, 5.41) is 5.26. The third-order valence-corrected chi connectivity index (χ3v) is 5.89. The first-order valence-corrected chi connectivity index (χ1v) is 10.7. The van der Waals surface area contributed by atoms with E-state index in [2.05, 4.69) is 15.4 Å². The Bertz CT molecular complexity index is 1240. The van der Waals surface area contributed by atoms with Gasteiger partial charge in [0.25, 0.3) is 21.8 Å². The molecule has 3 N–H and O–H groups in total. The van der Waals surface area contributed by atoms with Gasteiger partial charge in [0.15, 0.2) is 0 Å². The van der Waals surface area contributed by atoms with Crippen molar-refractivity contribution in [2.45, 2.75) is 11.8 Å². The number of anilines is 2. The molecule has 3 aromatic rings. The number of benzene rings is 3. The largest absolute Gasteiger partial charge is 0.355 e. The van der Waals surface area contributed by atoms with Gasteiger partial charge in [-0.05, 0) is 67.1 Å². The average molecular weight is 441 g/mol. The van der Waals surface area contributed by atoms with E-state index in [0.717, 1.165) is 6.07 Å². The third kappa shape index (κ3) is 5.07. The molecule has 0 fully saturated rings. The quantitative estimate of drug-likeness (QED) is 0.544. The van der Waals surface area contributed by atoms with Gasteiger partial charge < -0.3 is 10.6 Å². The van der Waals surface area contributed by atoms with Crippen LogP contribution in [0.2, 0.25) is 0 Å². The highest BCUT2D eigenvalue weighted by atomic mass is 32.2. The normalized spacial score (nSPS) is 10.9. The van der Waals surface area contributed by atoms with Crippen LogP contribution in [-0.4, -0.2) is 27.3 Å². The van der Waals surface area contributed by atoms with E-state index in [-0.39, 0.29) is 22.1 Å². The van der Waals surface area contributed by atoms with Crippen LogP contribution < -0.4 is 15.4 Å². The first-order chi connectivity index (χ1) is 14.7. The average Bonchev–Trinajstić information content (AvgIpc) is 2.76. The molecular formula is C22H20FN3O4S. The van der Waals surface area contributed by atoms with Crippen LogP contribution in [-0.2, 0) is 10.0 Å². The molecule has 0 heterocycles. The van der Waals surface area contributed by atoms with Crippen molar-refractivity contribution in [3.63, 3.8) is 0 Å². The zero-order chi connectivity index (χ0) is 22.6. The Labute approximate surface area is 179 Å². The molecule has 0 aromatic heterocycles. The molecule has 3 aromatic carbocycles. The Balaban J connectivity index is 1.74. The number of rotatable bonds is 6. The molecule has 0 aliphatic carbocycles. The lowest BCUT2D eigenvalue weighted by Gasteiger charge is -2.11. The second-order valence-electron chi connectivity index (χ2n) is 6.67. The lowest BCUT2D eigenvalue weighted by atomic mass is 10.1. The summed E-state index contributed by atoms with van der Waals surface area (Å²) >= 11 is 0. The molecule has 7 nitrogen and oxygen atoms in total. The number of carbonyl (C=O) groups is 2. The van der Waals surface area contributed by atoms with Crippen LogP contribution in [0.4, 0.5) is 15.8 Å². The number of halogens is 1. The van der Waals surface area contributed by atoms with E-state index in [1.165, 1.54) is 49.5 Å². The smallest absolute Gasteiger partial charge is 0.261 e. The van der Waals surface area contributed by atoms with Gasteiger partial charge in [0.2, 0.25) is 0 Å². The van der Waals surface area contributed by atoms with Crippen molar-refractivity contribution in [1.29, 1.82) is 0 Å². The van der Waals surface area contributed by atoms with Crippen LogP contribution in [0.5, 0.6) is 0 Å². The Morgan fingerprint density at radius 2 is 1.48 bits per heavy atom. The summed E-state index contributed by atoms with van der Waals surface area (Å²) in [6.07, 6.45) is 0. The van der Waals surface area contributed by atoms with Crippen molar-refractivity contribution >= 4 is 33.2 Å². The van der Waals surface area contributed by atoms with Gasteiger partial charge in [-0.2, -0.15) is 0 Å². The van der Waals surface area contributed by atoms with Gasteiger partial charge in [0, 0.05) is 23.9 Å². The molecule has 0 spiro atoms. The van der Waals surface area contributed by atoms with Crippen molar-refractivity contribution in [3.05, 3.63) is 89.2 Å². The first-order valence-electron chi connectivity index (χ1n) is 9.23. The zero-order valence-electron chi connectivity index (χ0n) is 16.8. The number of sulfonamides is 1. The number of amides is 2. The summed E-state index contributed by atoms with van der Waals surface area (Å²) in [4.78, 5) is 24.1. The maximum absolute atomic E-state index is 13.7. The number of carbonyl (C=O) groups excluding carboxylic acids is 2. The fraction of sp³-hybridized carbons (Fsp3) is 0.0909. The van der Waals surface area contributed by atoms with Gasteiger partial charge in [-0.25, -0.2) is 12.8 Å². The molecule has 2 amide bonds. The summed E-state index contributed by atoms with van der Waals surface area (Å²) in [6, 6.07) is 15.5. The minimum absolute atomic E-state index is 0.113. The summed E-state index contributed by atoms with van der Waals surface area (Å²) in [5.74, 6) is -1.37. The van der Waals surface area contributed by atoms with E-state index in [1.807, 2.05) is 0 Å². The van der Waals surface area contributed by atoms with E-state index >= 15 is 0 Å². The SMILES string of the molecule is CNC(=O)c1ccc(NC(=O)c2ccc(S(=O)(=O)Nc3ccccc3F)cc2)c(C)c1. The number of hydrogen-bond donors (Lipinski definition) is 3. The molecule has 0 saturated carbocycles. The van der Waals surface area contributed by atoms with Crippen molar-refractivity contribution in [3.8, 4) is 0 Å². The third-order valence-electron chi connectivity index (χ3n) is 4.51. The highest BCUT2D eigenvalue weighted by Crippen LogP contribution is 2.21. The first kappa shape index (κ1) is 22.0. The van der Waals surface area contributed by atoms with E-state index < -0.39 is 21.7 Å². The summed E-state index contributed by atoms with van der Waals surface area (Å²) in [6.45, 7) is 1.76. The number of para-hydroxylation sites is 1. The highest BCUT2D eigenvalue weighted by molar-refractivity contribution is 7.92. The second-order valence-corrected chi connectivity index (χ2v) is 8.36. The molecule has 0 aliphatic rings. The lowest BCUT2D eigenvalue weighted by Crippen LogP contribution is -2.18. The van der Waals surface area contributed by atoms with Crippen LogP contribution in [0.3, 0.4) is 0 Å². The van der Waals surface area contributed by atoms with Crippen molar-refractivity contribution < 1.29 is 22.4 Å². The molecule has 9 heteroatoms. The number of hydrogen-bond acceptors (Lipinski definition) is 4. The van der Waals surface area contributed by atoms with Gasteiger partial charge >= 0.3 is 0 Å². The van der Waals surface area contributed by atoms with E-state index in [1.54, 1.807) is 25.1 Å². The summed E-state index contributed by atoms with van der Waals surface area (Å²) < 4.78 is 40.9. The Morgan fingerprint density at radius 3 is 2.10 bits per heavy atom. The minimum atomic E-state index is -4.02. The Morgan fingerprint density at radius 1 is 0.839 bits per heavy atom. The summed E-state index contributed by atoms with van der Waals surface area (Å²) in [7, 11) is -2.49. The van der Waals surface area contributed by atoms with Crippen LogP contribution in [0.25, 0.3) is 0 Å². The molecule has 0 saturated heterocycles. The number of nitrogens with one attached hydrogen (secondary N) is 3. The monoisotopic (exact) mass is 441 g/mol. The fourth-order valence-electron chi connectivity index (χ4n) is 2.82. The van der Waals surface area contributed by atoms with Gasteiger partial charge in [0.05, 0.1) is 10.6 Å². The predicted octanol–water partition coefficient (Wildman–Crippen LogP) is 3.55. The van der Waals surface area contributed by atoms with E-state index in [4.69, 9.17) is 0 Å². The topological polar surface area (TPSA) is 104 Å². The molecule has 0 aliphatic heterocycles.